The molecule has 0 bridgehead atoms. The highest BCUT2D eigenvalue weighted by molar-refractivity contribution is 5.28. The number of hydrogen-bond donors (Lipinski definition) is 1. The first-order valence-electron chi connectivity index (χ1n) is 6.14. The van der Waals surface area contributed by atoms with Crippen LogP contribution in [-0.4, -0.2) is 17.6 Å². The van der Waals surface area contributed by atoms with Gasteiger partial charge in [0.05, 0.1) is 5.69 Å². The molecule has 92 valence electrons. The maximum atomic E-state index is 5.53. The average Bonchev–Trinajstić information content (AvgIpc) is 2.77. The zero-order valence-electron chi connectivity index (χ0n) is 10.6. The van der Waals surface area contributed by atoms with Crippen molar-refractivity contribution in [2.24, 2.45) is 5.73 Å². The van der Waals surface area contributed by atoms with E-state index in [0.717, 1.165) is 25.1 Å². The van der Waals surface area contributed by atoms with Crippen molar-refractivity contribution in [1.82, 2.24) is 4.98 Å². The summed E-state index contributed by atoms with van der Waals surface area (Å²) in [5, 5.41) is 0. The Labute approximate surface area is 97.8 Å². The summed E-state index contributed by atoms with van der Waals surface area (Å²) in [6, 6.07) is 1.17. The number of nitrogens with zero attached hydrogens (tertiary/aromatic N) is 2. The third kappa shape index (κ3) is 3.23. The molecule has 4 nitrogen and oxygen atoms in total. The van der Waals surface area contributed by atoms with Crippen molar-refractivity contribution < 1.29 is 4.42 Å². The first kappa shape index (κ1) is 13.0. The maximum Gasteiger partial charge on any atom is 0.297 e. The molecule has 1 rings (SSSR count). The molecule has 0 aromatic carbocycles. The summed E-state index contributed by atoms with van der Waals surface area (Å²) < 4.78 is 5.47. The minimum Gasteiger partial charge on any atom is -0.432 e. The van der Waals surface area contributed by atoms with Crippen LogP contribution >= 0.6 is 0 Å². The van der Waals surface area contributed by atoms with E-state index in [9.17, 15) is 0 Å². The van der Waals surface area contributed by atoms with Crippen LogP contribution in [0.5, 0.6) is 0 Å². The van der Waals surface area contributed by atoms with Gasteiger partial charge in [-0.05, 0) is 19.8 Å². The monoisotopic (exact) mass is 225 g/mol. The second-order valence-electron chi connectivity index (χ2n) is 4.13. The molecule has 0 saturated heterocycles. The molecule has 1 atom stereocenters. The van der Waals surface area contributed by atoms with Gasteiger partial charge in [-0.25, -0.2) is 0 Å². The third-order valence-corrected chi connectivity index (χ3v) is 2.87. The highest BCUT2D eigenvalue weighted by Gasteiger charge is 2.17. The number of unbranched alkanes of at least 4 members (excludes halogenated alkanes) is 1. The van der Waals surface area contributed by atoms with Crippen LogP contribution in [0.3, 0.4) is 0 Å². The first-order valence-corrected chi connectivity index (χ1v) is 6.14. The lowest BCUT2D eigenvalue weighted by atomic mass is 10.2. The lowest BCUT2D eigenvalue weighted by Crippen LogP contribution is -2.33. The molecule has 0 spiro atoms. The molecule has 0 aliphatic rings. The van der Waals surface area contributed by atoms with Gasteiger partial charge in [0.15, 0.2) is 0 Å². The molecule has 1 aromatic rings. The van der Waals surface area contributed by atoms with Gasteiger partial charge in [0.25, 0.3) is 6.01 Å². The lowest BCUT2D eigenvalue weighted by molar-refractivity contribution is 0.489. The highest BCUT2D eigenvalue weighted by atomic mass is 16.4. The van der Waals surface area contributed by atoms with Gasteiger partial charge in [-0.1, -0.05) is 20.3 Å². The summed E-state index contributed by atoms with van der Waals surface area (Å²) in [5.74, 6) is 0. The van der Waals surface area contributed by atoms with Gasteiger partial charge < -0.3 is 15.1 Å². The van der Waals surface area contributed by atoms with Crippen molar-refractivity contribution in [2.45, 2.75) is 52.6 Å². The number of aromatic nitrogens is 1. The van der Waals surface area contributed by atoms with E-state index < -0.39 is 0 Å². The molecular weight excluding hydrogens is 202 g/mol. The molecule has 0 radical (unpaired) electrons. The van der Waals surface area contributed by atoms with Crippen LogP contribution < -0.4 is 10.6 Å². The summed E-state index contributed by atoms with van der Waals surface area (Å²) in [5.41, 5.74) is 6.35. The molecule has 0 amide bonds. The van der Waals surface area contributed by atoms with E-state index in [2.05, 4.69) is 30.7 Å². The number of hydrogen-bond acceptors (Lipinski definition) is 4. The van der Waals surface area contributed by atoms with E-state index in [1.165, 1.54) is 6.42 Å². The summed E-state index contributed by atoms with van der Waals surface area (Å²) in [6.45, 7) is 8.00. The topological polar surface area (TPSA) is 55.3 Å². The normalized spacial score (nSPS) is 12.8. The van der Waals surface area contributed by atoms with Gasteiger partial charge >= 0.3 is 0 Å². The van der Waals surface area contributed by atoms with E-state index >= 15 is 0 Å². The van der Waals surface area contributed by atoms with E-state index in [0.29, 0.717) is 18.6 Å². The Kier molecular flexibility index (Phi) is 5.32. The van der Waals surface area contributed by atoms with Crippen LogP contribution in [0.25, 0.3) is 0 Å². The van der Waals surface area contributed by atoms with Crippen LogP contribution in [0.1, 0.15) is 45.7 Å². The molecule has 0 aliphatic carbocycles. The summed E-state index contributed by atoms with van der Waals surface area (Å²) >= 11 is 0. The highest BCUT2D eigenvalue weighted by Crippen LogP contribution is 2.18. The van der Waals surface area contributed by atoms with Crippen LogP contribution in [0.15, 0.2) is 10.7 Å². The number of oxazole rings is 1. The zero-order valence-corrected chi connectivity index (χ0v) is 10.6. The summed E-state index contributed by atoms with van der Waals surface area (Å²) in [6.07, 6.45) is 5.07. The van der Waals surface area contributed by atoms with Gasteiger partial charge in [-0.3, -0.25) is 0 Å². The second-order valence-corrected chi connectivity index (χ2v) is 4.13. The van der Waals surface area contributed by atoms with E-state index in [4.69, 9.17) is 10.2 Å². The number of anilines is 1. The van der Waals surface area contributed by atoms with Crippen LogP contribution in [0.4, 0.5) is 6.01 Å². The number of nitrogens with two attached hydrogens (primary N) is 1. The Hall–Kier alpha value is -1.03. The van der Waals surface area contributed by atoms with E-state index in [1.54, 1.807) is 6.26 Å². The molecule has 4 heteroatoms. The standard InChI is InChI=1S/C12H23N3O/c1-4-6-7-15(10(3)5-2)12-14-11(8-13)9-16-12/h9-10H,4-8,13H2,1-3H3. The van der Waals surface area contributed by atoms with Gasteiger partial charge in [-0.15, -0.1) is 0 Å². The Morgan fingerprint density at radius 1 is 1.50 bits per heavy atom. The average molecular weight is 225 g/mol. The number of rotatable bonds is 7. The van der Waals surface area contributed by atoms with Crippen LogP contribution in [-0.2, 0) is 6.54 Å². The summed E-state index contributed by atoms with van der Waals surface area (Å²) in [4.78, 5) is 6.61. The SMILES string of the molecule is CCCCN(c1nc(CN)co1)C(C)CC. The van der Waals surface area contributed by atoms with Gasteiger partial charge in [0.1, 0.15) is 6.26 Å². The fraction of sp³-hybridized carbons (Fsp3) is 0.750. The van der Waals surface area contributed by atoms with Crippen LogP contribution in [0.2, 0.25) is 0 Å². The minimum absolute atomic E-state index is 0.436. The lowest BCUT2D eigenvalue weighted by Gasteiger charge is -2.26. The Morgan fingerprint density at radius 3 is 2.75 bits per heavy atom. The van der Waals surface area contributed by atoms with Crippen LogP contribution in [0, 0.1) is 0 Å². The van der Waals surface area contributed by atoms with Crippen molar-refractivity contribution in [3.63, 3.8) is 0 Å². The molecule has 0 aliphatic heterocycles. The quantitative estimate of drug-likeness (QED) is 0.774. The maximum absolute atomic E-state index is 5.53. The molecule has 16 heavy (non-hydrogen) atoms. The predicted molar refractivity (Wildman–Crippen MR) is 66.4 cm³/mol. The zero-order chi connectivity index (χ0) is 12.0. The molecular formula is C12H23N3O. The Bertz CT molecular complexity index is 298. The fourth-order valence-corrected chi connectivity index (χ4v) is 1.58. The van der Waals surface area contributed by atoms with E-state index in [-0.39, 0.29) is 0 Å². The van der Waals surface area contributed by atoms with Crippen molar-refractivity contribution in [1.29, 1.82) is 0 Å². The Balaban J connectivity index is 2.74. The third-order valence-electron chi connectivity index (χ3n) is 2.87. The van der Waals surface area contributed by atoms with Crippen molar-refractivity contribution in [2.75, 3.05) is 11.4 Å². The van der Waals surface area contributed by atoms with Crippen molar-refractivity contribution in [3.8, 4) is 0 Å². The largest absolute Gasteiger partial charge is 0.432 e. The molecule has 1 unspecified atom stereocenters. The first-order chi connectivity index (χ1) is 7.72. The molecule has 0 fully saturated rings. The van der Waals surface area contributed by atoms with Crippen molar-refractivity contribution >= 4 is 6.01 Å². The van der Waals surface area contributed by atoms with E-state index in [1.807, 2.05) is 0 Å². The predicted octanol–water partition coefficient (Wildman–Crippen LogP) is 2.54. The van der Waals surface area contributed by atoms with Crippen molar-refractivity contribution in [3.05, 3.63) is 12.0 Å². The molecule has 2 N–H and O–H groups in total. The smallest absolute Gasteiger partial charge is 0.297 e. The van der Waals surface area contributed by atoms with Gasteiger partial charge in [0, 0.05) is 19.1 Å². The summed E-state index contributed by atoms with van der Waals surface area (Å²) in [7, 11) is 0. The molecule has 1 aromatic heterocycles. The van der Waals surface area contributed by atoms with Gasteiger partial charge in [-0.2, -0.15) is 4.98 Å². The minimum atomic E-state index is 0.436. The Morgan fingerprint density at radius 2 is 2.25 bits per heavy atom. The fourth-order valence-electron chi connectivity index (χ4n) is 1.58. The molecule has 1 heterocycles. The van der Waals surface area contributed by atoms with Gasteiger partial charge in [0.2, 0.25) is 0 Å². The second kappa shape index (κ2) is 6.53. The molecule has 0 saturated carbocycles.